The van der Waals surface area contributed by atoms with Gasteiger partial charge in [0.1, 0.15) is 0 Å². The number of anilines is 1. The van der Waals surface area contributed by atoms with Crippen LogP contribution < -0.4 is 11.1 Å². The zero-order valence-electron chi connectivity index (χ0n) is 9.91. The van der Waals surface area contributed by atoms with Crippen molar-refractivity contribution >= 4 is 23.4 Å². The van der Waals surface area contributed by atoms with Crippen LogP contribution in [0.15, 0.2) is 23.1 Å². The van der Waals surface area contributed by atoms with Gasteiger partial charge in [0, 0.05) is 17.1 Å². The highest BCUT2D eigenvalue weighted by atomic mass is 32.2. The van der Waals surface area contributed by atoms with Gasteiger partial charge in [-0.25, -0.2) is 0 Å². The second-order valence-electron chi connectivity index (χ2n) is 3.63. The highest BCUT2D eigenvalue weighted by molar-refractivity contribution is 8.00. The molecule has 1 rings (SSSR count). The quantitative estimate of drug-likeness (QED) is 0.624. The average Bonchev–Trinajstić information content (AvgIpc) is 2.25. The average molecular weight is 238 g/mol. The van der Waals surface area contributed by atoms with E-state index in [4.69, 9.17) is 5.73 Å². The lowest BCUT2D eigenvalue weighted by Gasteiger charge is -2.13. The molecule has 1 amide bonds. The molecule has 0 saturated carbocycles. The van der Waals surface area contributed by atoms with Crippen LogP contribution in [0.4, 0.5) is 5.69 Å². The van der Waals surface area contributed by atoms with Crippen molar-refractivity contribution in [3.63, 3.8) is 0 Å². The number of nitrogens with one attached hydrogen (secondary N) is 1. The molecule has 0 fully saturated rings. The molecule has 0 bridgehead atoms. The van der Waals surface area contributed by atoms with Gasteiger partial charge in [0.25, 0.3) is 0 Å². The summed E-state index contributed by atoms with van der Waals surface area (Å²) in [5, 5.41) is 2.71. The van der Waals surface area contributed by atoms with Crippen LogP contribution in [0.5, 0.6) is 0 Å². The molecule has 4 heteroatoms. The molecule has 1 aromatic carbocycles. The van der Waals surface area contributed by atoms with Gasteiger partial charge < -0.3 is 11.1 Å². The summed E-state index contributed by atoms with van der Waals surface area (Å²) < 4.78 is 0. The van der Waals surface area contributed by atoms with Crippen LogP contribution in [-0.2, 0) is 4.79 Å². The van der Waals surface area contributed by atoms with E-state index >= 15 is 0 Å². The number of thioether (sulfide) groups is 1. The Bertz CT molecular complexity index is 379. The third-order valence-electron chi connectivity index (χ3n) is 2.35. The maximum atomic E-state index is 11.6. The number of rotatable bonds is 4. The molecule has 16 heavy (non-hydrogen) atoms. The Morgan fingerprint density at radius 3 is 2.88 bits per heavy atom. The molecule has 1 unspecified atom stereocenters. The van der Waals surface area contributed by atoms with Crippen molar-refractivity contribution in [3.05, 3.63) is 23.8 Å². The first-order valence-corrected chi connectivity index (χ1v) is 6.23. The smallest absolute Gasteiger partial charge is 0.233 e. The van der Waals surface area contributed by atoms with Crippen molar-refractivity contribution < 1.29 is 4.79 Å². The molecule has 3 nitrogen and oxygen atoms in total. The van der Waals surface area contributed by atoms with E-state index < -0.39 is 0 Å². The first-order valence-electron chi connectivity index (χ1n) is 5.35. The van der Waals surface area contributed by atoms with Crippen molar-refractivity contribution in [1.29, 1.82) is 0 Å². The molecule has 0 spiro atoms. The van der Waals surface area contributed by atoms with Gasteiger partial charge in [-0.15, -0.1) is 11.8 Å². The Balaban J connectivity index is 2.73. The van der Waals surface area contributed by atoms with Crippen LogP contribution in [0.1, 0.15) is 19.4 Å². The summed E-state index contributed by atoms with van der Waals surface area (Å²) in [6.45, 7) is 6.46. The predicted molar refractivity (Wildman–Crippen MR) is 69.6 cm³/mol. The van der Waals surface area contributed by atoms with Crippen molar-refractivity contribution in [2.75, 3.05) is 12.3 Å². The Hall–Kier alpha value is -1.16. The zero-order valence-corrected chi connectivity index (χ0v) is 10.7. The summed E-state index contributed by atoms with van der Waals surface area (Å²) in [7, 11) is 0. The molecule has 0 radical (unpaired) electrons. The van der Waals surface area contributed by atoms with Gasteiger partial charge in [0.05, 0.1) is 5.25 Å². The molecule has 3 N–H and O–H groups in total. The molecule has 0 saturated heterocycles. The van der Waals surface area contributed by atoms with E-state index in [1.165, 1.54) is 0 Å². The molecular formula is C12H18N2OS. The fraction of sp³-hybridized carbons (Fsp3) is 0.417. The highest BCUT2D eigenvalue weighted by Crippen LogP contribution is 2.29. The molecule has 0 aromatic heterocycles. The highest BCUT2D eigenvalue weighted by Gasteiger charge is 2.14. The first-order chi connectivity index (χ1) is 7.56. The minimum atomic E-state index is -0.0968. The van der Waals surface area contributed by atoms with E-state index in [0.29, 0.717) is 6.54 Å². The van der Waals surface area contributed by atoms with Crippen molar-refractivity contribution in [1.82, 2.24) is 5.32 Å². The fourth-order valence-electron chi connectivity index (χ4n) is 1.32. The van der Waals surface area contributed by atoms with Crippen LogP contribution in [0.25, 0.3) is 0 Å². The standard InChI is InChI=1S/C12H18N2OS/c1-4-14-12(15)9(3)16-11-7-5-6-10(13)8(11)2/h5-7,9H,4,13H2,1-3H3,(H,14,15). The number of nitrogens with two attached hydrogens (primary N) is 1. The molecule has 88 valence electrons. The van der Waals surface area contributed by atoms with Crippen LogP contribution in [0.3, 0.4) is 0 Å². The molecule has 0 heterocycles. The molecule has 0 aliphatic heterocycles. The summed E-state index contributed by atoms with van der Waals surface area (Å²) in [6, 6.07) is 5.78. The minimum absolute atomic E-state index is 0.0642. The Morgan fingerprint density at radius 1 is 1.56 bits per heavy atom. The van der Waals surface area contributed by atoms with Crippen molar-refractivity contribution in [2.24, 2.45) is 0 Å². The first kappa shape index (κ1) is 12.9. The van der Waals surface area contributed by atoms with E-state index in [1.807, 2.05) is 39.0 Å². The summed E-state index contributed by atoms with van der Waals surface area (Å²) in [6.07, 6.45) is 0. The number of carbonyl (C=O) groups is 1. The Labute approximate surface area is 101 Å². The van der Waals surface area contributed by atoms with Gasteiger partial charge in [-0.1, -0.05) is 6.07 Å². The molecule has 0 aliphatic carbocycles. The minimum Gasteiger partial charge on any atom is -0.398 e. The van der Waals surface area contributed by atoms with Crippen molar-refractivity contribution in [3.8, 4) is 0 Å². The fourth-order valence-corrected chi connectivity index (χ4v) is 2.34. The largest absolute Gasteiger partial charge is 0.398 e. The van der Waals surface area contributed by atoms with Gasteiger partial charge in [-0.05, 0) is 38.5 Å². The van der Waals surface area contributed by atoms with E-state index in [0.717, 1.165) is 16.1 Å². The van der Waals surface area contributed by atoms with Gasteiger partial charge >= 0.3 is 0 Å². The zero-order chi connectivity index (χ0) is 12.1. The second-order valence-corrected chi connectivity index (χ2v) is 5.01. The van der Waals surface area contributed by atoms with E-state index in [-0.39, 0.29) is 11.2 Å². The third-order valence-corrected chi connectivity index (χ3v) is 3.61. The predicted octanol–water partition coefficient (Wildman–Crippen LogP) is 2.19. The summed E-state index contributed by atoms with van der Waals surface area (Å²) >= 11 is 1.54. The molecule has 1 aromatic rings. The normalized spacial score (nSPS) is 12.2. The third kappa shape index (κ3) is 3.17. The lowest BCUT2D eigenvalue weighted by atomic mass is 10.2. The van der Waals surface area contributed by atoms with E-state index in [9.17, 15) is 4.79 Å². The molecule has 1 atom stereocenters. The molecular weight excluding hydrogens is 220 g/mol. The summed E-state index contributed by atoms with van der Waals surface area (Å²) in [5.41, 5.74) is 7.63. The number of nitrogen functional groups attached to an aromatic ring is 1. The maximum absolute atomic E-state index is 11.6. The van der Waals surface area contributed by atoms with Gasteiger partial charge in [0.2, 0.25) is 5.91 Å². The van der Waals surface area contributed by atoms with E-state index in [1.54, 1.807) is 11.8 Å². The summed E-state index contributed by atoms with van der Waals surface area (Å²) in [5.74, 6) is 0.0642. The Morgan fingerprint density at radius 2 is 2.25 bits per heavy atom. The van der Waals surface area contributed by atoms with Crippen LogP contribution in [0.2, 0.25) is 0 Å². The van der Waals surface area contributed by atoms with E-state index in [2.05, 4.69) is 5.32 Å². The van der Waals surface area contributed by atoms with Crippen LogP contribution in [-0.4, -0.2) is 17.7 Å². The van der Waals surface area contributed by atoms with Crippen LogP contribution in [0, 0.1) is 6.92 Å². The number of carbonyl (C=O) groups excluding carboxylic acids is 1. The molecule has 0 aliphatic rings. The van der Waals surface area contributed by atoms with Crippen LogP contribution >= 0.6 is 11.8 Å². The second kappa shape index (κ2) is 5.80. The lowest BCUT2D eigenvalue weighted by Crippen LogP contribution is -2.30. The Kier molecular flexibility index (Phi) is 4.68. The number of benzene rings is 1. The number of amides is 1. The SMILES string of the molecule is CCNC(=O)C(C)Sc1cccc(N)c1C. The van der Waals surface area contributed by atoms with Gasteiger partial charge in [0.15, 0.2) is 0 Å². The number of hydrogen-bond acceptors (Lipinski definition) is 3. The summed E-state index contributed by atoms with van der Waals surface area (Å²) in [4.78, 5) is 12.6. The van der Waals surface area contributed by atoms with Gasteiger partial charge in [-0.2, -0.15) is 0 Å². The topological polar surface area (TPSA) is 55.1 Å². The number of hydrogen-bond donors (Lipinski definition) is 2. The maximum Gasteiger partial charge on any atom is 0.233 e. The monoisotopic (exact) mass is 238 g/mol. The lowest BCUT2D eigenvalue weighted by molar-refractivity contribution is -0.120. The van der Waals surface area contributed by atoms with Gasteiger partial charge in [-0.3, -0.25) is 4.79 Å². The van der Waals surface area contributed by atoms with Crippen molar-refractivity contribution in [2.45, 2.75) is 30.9 Å².